The molecular weight excluding hydrogens is 560 g/mol. The fraction of sp³-hybridized carbons (Fsp3) is 0.556. The maximum Gasteiger partial charge on any atom is 0.416 e. The molecule has 7 heteroatoms. The van der Waals surface area contributed by atoms with Gasteiger partial charge in [-0.3, -0.25) is 0 Å². The molecule has 0 N–H and O–H groups in total. The van der Waals surface area contributed by atoms with Gasteiger partial charge in [0.1, 0.15) is 0 Å². The summed E-state index contributed by atoms with van der Waals surface area (Å²) in [6.45, 7) is 8.67. The van der Waals surface area contributed by atoms with Gasteiger partial charge in [0.2, 0.25) is 0 Å². The molecule has 2 aromatic carbocycles. The van der Waals surface area contributed by atoms with Gasteiger partial charge < -0.3 is 14.2 Å². The molecule has 3 radical (unpaired) electrons. The summed E-state index contributed by atoms with van der Waals surface area (Å²) < 4.78 is 47.4. The van der Waals surface area contributed by atoms with Gasteiger partial charge in [0.15, 0.2) is 6.29 Å². The van der Waals surface area contributed by atoms with Crippen molar-refractivity contribution >= 4 is 13.3 Å². The Kier molecular flexibility index (Phi) is 9.47. The third kappa shape index (κ3) is 6.34. The summed E-state index contributed by atoms with van der Waals surface area (Å²) >= 11 is 0. The second-order valence-electron chi connectivity index (χ2n) is 9.86. The molecule has 2 aromatic rings. The molecule has 2 fully saturated rings. The van der Waals surface area contributed by atoms with Crippen LogP contribution in [0.25, 0.3) is 0 Å². The molecule has 34 heavy (non-hydrogen) atoms. The monoisotopic (exact) mass is 592 g/mol. The van der Waals surface area contributed by atoms with Gasteiger partial charge in [0.05, 0.1) is 26.6 Å². The Bertz CT molecular complexity index is 961. The molecule has 0 spiro atoms. The van der Waals surface area contributed by atoms with Crippen molar-refractivity contribution in [2.24, 2.45) is 17.8 Å². The predicted octanol–water partition coefficient (Wildman–Crippen LogP) is 5.82. The van der Waals surface area contributed by atoms with Crippen molar-refractivity contribution < 1.29 is 58.6 Å². The molecule has 2 aliphatic rings. The topological polar surface area (TPSA) is 27.7 Å². The van der Waals surface area contributed by atoms with Crippen molar-refractivity contribution in [3.63, 3.8) is 0 Å². The third-order valence-corrected chi connectivity index (χ3v) is 7.17. The number of alkyl halides is 2. The minimum Gasteiger partial charge on any atom is -0.493 e. The van der Waals surface area contributed by atoms with Crippen LogP contribution in [0.15, 0.2) is 24.3 Å². The normalized spacial score (nSPS) is 25.5. The Morgan fingerprint density at radius 3 is 2.09 bits per heavy atom. The zero-order valence-corrected chi connectivity index (χ0v) is 24.1. The molecule has 3 nitrogen and oxygen atoms in total. The molecule has 0 bridgehead atoms. The van der Waals surface area contributed by atoms with Gasteiger partial charge in [-0.25, -0.2) is 5.46 Å². The largest absolute Gasteiger partial charge is 0.493 e. The molecule has 0 unspecified atom stereocenters. The number of aryl methyl sites for hydroxylation is 3. The fourth-order valence-corrected chi connectivity index (χ4v) is 5.19. The first-order valence-electron chi connectivity index (χ1n) is 11.8. The zero-order valence-electron chi connectivity index (χ0n) is 20.5. The number of hydrogen-bond donors (Lipinski definition) is 0. The number of benzene rings is 2. The second-order valence-corrected chi connectivity index (χ2v) is 9.86. The van der Waals surface area contributed by atoms with E-state index in [0.717, 1.165) is 11.5 Å². The maximum atomic E-state index is 15.1. The van der Waals surface area contributed by atoms with Gasteiger partial charge in [-0.1, -0.05) is 38.8 Å². The molecule has 1 heterocycles. The molecule has 1 saturated carbocycles. The molecule has 0 atom stereocenters. The summed E-state index contributed by atoms with van der Waals surface area (Å²) in [5, 5.41) is 0. The van der Waals surface area contributed by atoms with Gasteiger partial charge >= 0.3 is 6.11 Å². The van der Waals surface area contributed by atoms with E-state index in [1.807, 2.05) is 0 Å². The number of rotatable bonds is 5. The van der Waals surface area contributed by atoms with Crippen LogP contribution in [0, 0.1) is 80.2 Å². The summed E-state index contributed by atoms with van der Waals surface area (Å²) in [5.41, 5.74) is 2.53. The molecule has 0 aromatic heterocycles. The summed E-state index contributed by atoms with van der Waals surface area (Å²) in [7, 11) is 5.73. The molecule has 1 aliphatic heterocycles. The van der Waals surface area contributed by atoms with Crippen molar-refractivity contribution in [1.29, 1.82) is 0 Å². The van der Waals surface area contributed by atoms with Crippen molar-refractivity contribution in [2.75, 3.05) is 13.2 Å². The minimum atomic E-state index is -3.50. The molecular formula is C27H32BF2LaO3-. The number of halogens is 2. The van der Waals surface area contributed by atoms with Crippen LogP contribution < -0.4 is 10.2 Å². The molecule has 4 rings (SSSR count). The number of ether oxygens (including phenoxy) is 3. The molecule has 1 saturated heterocycles. The Balaban J connectivity index is 0.00000324. The van der Waals surface area contributed by atoms with Gasteiger partial charge in [-0.15, -0.1) is 12.1 Å². The van der Waals surface area contributed by atoms with Gasteiger partial charge in [0.25, 0.3) is 0 Å². The van der Waals surface area contributed by atoms with Crippen LogP contribution in [0.4, 0.5) is 8.78 Å². The van der Waals surface area contributed by atoms with Crippen LogP contribution in [0.2, 0.25) is 0 Å². The molecule has 179 valence electrons. The minimum absolute atomic E-state index is 0. The Morgan fingerprint density at radius 1 is 0.941 bits per heavy atom. The first kappa shape index (κ1) is 27.9. The average molecular weight is 592 g/mol. The van der Waals surface area contributed by atoms with Crippen LogP contribution in [0.3, 0.4) is 0 Å². The summed E-state index contributed by atoms with van der Waals surface area (Å²) in [5.74, 6) is 1.90. The smallest absolute Gasteiger partial charge is 0.416 e. The standard InChI is InChI=1S/C27H32BF2O3.La/c1-16-5-7-20(8-6-16)22-14-31-26(32-15-22)21-11-18(3)25(19(4)12-21)27(29,30)33-23-9-10-24(28)17(2)13-23;/h9,11-13,16,20,22,26H,5-8,14-15H2,1-4H3;/q-1;. The van der Waals surface area contributed by atoms with Crippen LogP contribution in [0.1, 0.15) is 66.7 Å². The Labute approximate surface area is 231 Å². The van der Waals surface area contributed by atoms with Gasteiger partial charge in [-0.05, 0) is 49.7 Å². The molecule has 0 amide bonds. The maximum absolute atomic E-state index is 15.1. The average Bonchev–Trinajstić information content (AvgIpc) is 2.76. The van der Waals surface area contributed by atoms with Crippen molar-refractivity contribution in [1.82, 2.24) is 0 Å². The first-order chi connectivity index (χ1) is 15.6. The van der Waals surface area contributed by atoms with E-state index in [-0.39, 0.29) is 46.9 Å². The first-order valence-corrected chi connectivity index (χ1v) is 11.8. The van der Waals surface area contributed by atoms with Gasteiger partial charge in [-0.2, -0.15) is 20.4 Å². The van der Waals surface area contributed by atoms with Crippen molar-refractivity contribution in [2.45, 2.75) is 65.8 Å². The van der Waals surface area contributed by atoms with E-state index in [1.54, 1.807) is 32.9 Å². The molecule has 1 aliphatic carbocycles. The third-order valence-electron chi connectivity index (χ3n) is 7.17. The SMILES string of the molecule is [B]c1[c-]cc(OC(F)(F)c2c(C)cc(C3OCC(C4CCC(C)CC4)CO3)cc2C)cc1C.[La]. The van der Waals surface area contributed by atoms with Crippen LogP contribution in [-0.2, 0) is 15.6 Å². The fourth-order valence-electron chi connectivity index (χ4n) is 5.19. The second kappa shape index (κ2) is 11.6. The summed E-state index contributed by atoms with van der Waals surface area (Å²) in [6.07, 6.45) is 0.982. The number of hydrogen-bond acceptors (Lipinski definition) is 3. The van der Waals surface area contributed by atoms with Crippen molar-refractivity contribution in [3.8, 4) is 5.75 Å². The van der Waals surface area contributed by atoms with Gasteiger partial charge in [0, 0.05) is 52.8 Å². The van der Waals surface area contributed by atoms with E-state index < -0.39 is 12.4 Å². The van der Waals surface area contributed by atoms with Crippen LogP contribution in [-0.4, -0.2) is 21.1 Å². The predicted molar refractivity (Wildman–Crippen MR) is 125 cm³/mol. The summed E-state index contributed by atoms with van der Waals surface area (Å²) in [6, 6.07) is 9.00. The van der Waals surface area contributed by atoms with E-state index in [2.05, 4.69) is 13.0 Å². The summed E-state index contributed by atoms with van der Waals surface area (Å²) in [4.78, 5) is 0. The van der Waals surface area contributed by atoms with E-state index in [9.17, 15) is 0 Å². The van der Waals surface area contributed by atoms with Crippen LogP contribution in [0.5, 0.6) is 5.75 Å². The van der Waals surface area contributed by atoms with Crippen LogP contribution >= 0.6 is 0 Å². The van der Waals surface area contributed by atoms with E-state index in [0.29, 0.717) is 47.2 Å². The zero-order chi connectivity index (χ0) is 23.8. The Morgan fingerprint density at radius 2 is 1.53 bits per heavy atom. The Hall–Kier alpha value is -0.720. The van der Waals surface area contributed by atoms with Crippen molar-refractivity contribution in [3.05, 3.63) is 58.1 Å². The van der Waals surface area contributed by atoms with E-state index in [4.69, 9.17) is 22.1 Å². The quantitative estimate of drug-likeness (QED) is 0.324. The van der Waals surface area contributed by atoms with E-state index >= 15 is 8.78 Å². The van der Waals surface area contributed by atoms with E-state index in [1.165, 1.54) is 37.8 Å².